The molecule has 0 atom stereocenters. The van der Waals surface area contributed by atoms with Crippen LogP contribution in [0.2, 0.25) is 0 Å². The fraction of sp³-hybridized carbons (Fsp3) is 0.273. The highest BCUT2D eigenvalue weighted by Crippen LogP contribution is 2.19. The monoisotopic (exact) mass is 223 g/mol. The maximum atomic E-state index is 3.60. The van der Waals surface area contributed by atoms with Gasteiger partial charge in [-0.3, -0.25) is 0 Å². The maximum absolute atomic E-state index is 3.60. The van der Waals surface area contributed by atoms with E-state index in [1.54, 1.807) is 0 Å². The lowest BCUT2D eigenvalue weighted by molar-refractivity contribution is 0.916. The summed E-state index contributed by atoms with van der Waals surface area (Å²) in [6, 6.07) is 6.22. The molecular formula is C11H12Br. The highest BCUT2D eigenvalue weighted by atomic mass is 79.9. The normalized spacial score (nSPS) is 9.83. The minimum absolute atomic E-state index is 1.04. The van der Waals surface area contributed by atoms with Crippen LogP contribution in [0.1, 0.15) is 24.5 Å². The Morgan fingerprint density at radius 1 is 1.50 bits per heavy atom. The molecule has 0 aliphatic heterocycles. The van der Waals surface area contributed by atoms with Crippen molar-refractivity contribution in [3.05, 3.63) is 46.5 Å². The second kappa shape index (κ2) is 4.46. The fourth-order valence-corrected chi connectivity index (χ4v) is 1.71. The third-order valence-corrected chi connectivity index (χ3v) is 2.51. The van der Waals surface area contributed by atoms with Gasteiger partial charge in [0.1, 0.15) is 0 Å². The van der Waals surface area contributed by atoms with E-state index in [1.807, 2.05) is 6.07 Å². The van der Waals surface area contributed by atoms with Crippen LogP contribution in [0.3, 0.4) is 0 Å². The fourth-order valence-electron chi connectivity index (χ4n) is 1.13. The molecule has 1 aromatic carbocycles. The molecule has 0 N–H and O–H groups in total. The first-order valence-electron chi connectivity index (χ1n) is 4.09. The predicted octanol–water partition coefficient (Wildman–Crippen LogP) is 3.74. The Bertz CT molecular complexity index is 276. The van der Waals surface area contributed by atoms with E-state index < -0.39 is 0 Å². The Balaban J connectivity index is 2.94. The number of rotatable bonds is 3. The molecule has 0 saturated heterocycles. The second-order valence-corrected chi connectivity index (χ2v) is 3.59. The third kappa shape index (κ3) is 2.21. The predicted molar refractivity (Wildman–Crippen MR) is 56.1 cm³/mol. The van der Waals surface area contributed by atoms with Crippen molar-refractivity contribution in [1.82, 2.24) is 0 Å². The molecule has 0 unspecified atom stereocenters. The summed E-state index contributed by atoms with van der Waals surface area (Å²) in [7, 11) is 0. The van der Waals surface area contributed by atoms with Crippen molar-refractivity contribution in [1.29, 1.82) is 0 Å². The molecule has 0 amide bonds. The first-order valence-corrected chi connectivity index (χ1v) is 4.88. The maximum Gasteiger partial charge on any atom is 0.0213 e. The molecule has 1 heteroatoms. The van der Waals surface area contributed by atoms with Crippen molar-refractivity contribution in [3.8, 4) is 0 Å². The van der Waals surface area contributed by atoms with Crippen LogP contribution < -0.4 is 0 Å². The van der Waals surface area contributed by atoms with Crippen molar-refractivity contribution in [2.75, 3.05) is 0 Å². The highest BCUT2D eigenvalue weighted by Gasteiger charge is 1.98. The molecular weight excluding hydrogens is 212 g/mol. The van der Waals surface area contributed by atoms with Gasteiger partial charge in [-0.05, 0) is 29.7 Å². The van der Waals surface area contributed by atoms with E-state index in [1.165, 1.54) is 12.0 Å². The lowest BCUT2D eigenvalue weighted by Crippen LogP contribution is -1.85. The smallest absolute Gasteiger partial charge is 0.0213 e. The molecule has 0 spiro atoms. The summed E-state index contributed by atoms with van der Waals surface area (Å²) in [5.74, 6) is 0. The lowest BCUT2D eigenvalue weighted by atomic mass is 10.1. The van der Waals surface area contributed by atoms with Gasteiger partial charge in [-0.2, -0.15) is 0 Å². The molecule has 1 aromatic rings. The van der Waals surface area contributed by atoms with E-state index in [4.69, 9.17) is 0 Å². The van der Waals surface area contributed by atoms with Crippen LogP contribution in [0.4, 0.5) is 0 Å². The van der Waals surface area contributed by atoms with Crippen LogP contribution in [0.5, 0.6) is 0 Å². The molecule has 0 saturated carbocycles. The molecule has 1 rings (SSSR count). The summed E-state index contributed by atoms with van der Waals surface area (Å²) in [6.07, 6.45) is 5.16. The standard InChI is InChI=1S/C11H12Br/c1-3-5-10-7-6-9(4-2)8-11(10)12/h6-8H,2-3,5H2,1H3. The molecule has 0 aromatic heterocycles. The molecule has 1 radical (unpaired) electrons. The number of aryl methyl sites for hydroxylation is 1. The number of halogens is 1. The Morgan fingerprint density at radius 3 is 2.75 bits per heavy atom. The van der Waals surface area contributed by atoms with Gasteiger partial charge in [0.15, 0.2) is 0 Å². The number of benzene rings is 1. The molecule has 12 heavy (non-hydrogen) atoms. The van der Waals surface area contributed by atoms with Crippen LogP contribution >= 0.6 is 15.9 Å². The van der Waals surface area contributed by atoms with Crippen LogP contribution in [-0.4, -0.2) is 0 Å². The highest BCUT2D eigenvalue weighted by molar-refractivity contribution is 9.10. The third-order valence-electron chi connectivity index (χ3n) is 1.78. The summed E-state index contributed by atoms with van der Waals surface area (Å²) in [4.78, 5) is 0. The summed E-state index contributed by atoms with van der Waals surface area (Å²) in [5, 5.41) is 0. The van der Waals surface area contributed by atoms with Gasteiger partial charge in [-0.1, -0.05) is 48.0 Å². The Kier molecular flexibility index (Phi) is 3.54. The molecule has 0 bridgehead atoms. The van der Waals surface area contributed by atoms with Gasteiger partial charge in [0.2, 0.25) is 0 Å². The van der Waals surface area contributed by atoms with E-state index in [0.717, 1.165) is 16.5 Å². The van der Waals surface area contributed by atoms with Gasteiger partial charge in [-0.25, -0.2) is 0 Å². The number of hydrogen-bond acceptors (Lipinski definition) is 0. The zero-order chi connectivity index (χ0) is 8.97. The van der Waals surface area contributed by atoms with Crippen molar-refractivity contribution in [3.63, 3.8) is 0 Å². The number of hydrogen-bond donors (Lipinski definition) is 0. The lowest BCUT2D eigenvalue weighted by Gasteiger charge is -2.02. The van der Waals surface area contributed by atoms with E-state index in [9.17, 15) is 0 Å². The van der Waals surface area contributed by atoms with E-state index >= 15 is 0 Å². The largest absolute Gasteiger partial charge is 0.0906 e. The first-order chi connectivity index (χ1) is 5.77. The van der Waals surface area contributed by atoms with Crippen molar-refractivity contribution >= 4 is 15.9 Å². The zero-order valence-electron chi connectivity index (χ0n) is 7.23. The summed E-state index contributed by atoms with van der Waals surface area (Å²) < 4.78 is 1.16. The topological polar surface area (TPSA) is 0 Å². The summed E-state index contributed by atoms with van der Waals surface area (Å²) in [6.45, 7) is 5.78. The van der Waals surface area contributed by atoms with Crippen molar-refractivity contribution in [2.24, 2.45) is 0 Å². The molecule has 0 heterocycles. The molecule has 0 nitrogen and oxygen atoms in total. The van der Waals surface area contributed by atoms with Crippen LogP contribution in [0.25, 0.3) is 0 Å². The van der Waals surface area contributed by atoms with Gasteiger partial charge in [0, 0.05) is 4.47 Å². The Hall–Kier alpha value is -0.560. The summed E-state index contributed by atoms with van der Waals surface area (Å²) in [5.41, 5.74) is 2.40. The Morgan fingerprint density at radius 2 is 2.25 bits per heavy atom. The quantitative estimate of drug-likeness (QED) is 0.733. The van der Waals surface area contributed by atoms with Crippen LogP contribution in [0, 0.1) is 6.08 Å². The van der Waals surface area contributed by atoms with E-state index in [-0.39, 0.29) is 0 Å². The molecule has 63 valence electrons. The average Bonchev–Trinajstić information content (AvgIpc) is 2.09. The SMILES string of the molecule is C=[C]c1ccc(CCC)c(Br)c1. The van der Waals surface area contributed by atoms with Gasteiger partial charge in [-0.15, -0.1) is 0 Å². The molecule has 0 fully saturated rings. The summed E-state index contributed by atoms with van der Waals surface area (Å²) >= 11 is 3.52. The minimum atomic E-state index is 1.04. The minimum Gasteiger partial charge on any atom is -0.0906 e. The Labute approximate surface area is 82.4 Å². The van der Waals surface area contributed by atoms with Crippen molar-refractivity contribution in [2.45, 2.75) is 19.8 Å². The first kappa shape index (κ1) is 9.53. The van der Waals surface area contributed by atoms with Gasteiger partial charge in [0.05, 0.1) is 0 Å². The van der Waals surface area contributed by atoms with E-state index in [0.29, 0.717) is 0 Å². The van der Waals surface area contributed by atoms with Crippen molar-refractivity contribution < 1.29 is 0 Å². The molecule has 0 aliphatic carbocycles. The average molecular weight is 224 g/mol. The van der Waals surface area contributed by atoms with Crippen LogP contribution in [-0.2, 0) is 6.42 Å². The zero-order valence-corrected chi connectivity index (χ0v) is 8.82. The van der Waals surface area contributed by atoms with Crippen LogP contribution in [0.15, 0.2) is 29.3 Å². The second-order valence-electron chi connectivity index (χ2n) is 2.73. The van der Waals surface area contributed by atoms with Gasteiger partial charge in [0.25, 0.3) is 0 Å². The van der Waals surface area contributed by atoms with Gasteiger partial charge < -0.3 is 0 Å². The van der Waals surface area contributed by atoms with E-state index in [2.05, 4.69) is 47.6 Å². The molecule has 0 aliphatic rings. The van der Waals surface area contributed by atoms with Gasteiger partial charge >= 0.3 is 0 Å².